The van der Waals surface area contributed by atoms with Crippen molar-refractivity contribution in [2.24, 2.45) is 5.73 Å². The number of nitrogens with zero attached hydrogens (tertiary/aromatic N) is 1. The van der Waals surface area contributed by atoms with Gasteiger partial charge in [-0.25, -0.2) is 0 Å². The van der Waals surface area contributed by atoms with Gasteiger partial charge in [0.1, 0.15) is 0 Å². The lowest BCUT2D eigenvalue weighted by Crippen LogP contribution is -2.38. The van der Waals surface area contributed by atoms with E-state index in [9.17, 15) is 0 Å². The lowest BCUT2D eigenvalue weighted by atomic mass is 9.90. The fourth-order valence-electron chi connectivity index (χ4n) is 2.55. The number of rotatable bonds is 2. The van der Waals surface area contributed by atoms with Crippen LogP contribution in [0.5, 0.6) is 0 Å². The molecule has 0 bridgehead atoms. The van der Waals surface area contributed by atoms with Crippen molar-refractivity contribution in [2.45, 2.75) is 44.7 Å². The van der Waals surface area contributed by atoms with Crippen molar-refractivity contribution < 1.29 is 0 Å². The van der Waals surface area contributed by atoms with E-state index >= 15 is 0 Å². The predicted molar refractivity (Wildman–Crippen MR) is 69.8 cm³/mol. The van der Waals surface area contributed by atoms with Crippen molar-refractivity contribution in [2.75, 3.05) is 11.9 Å². The Balaban J connectivity index is 2.04. The summed E-state index contributed by atoms with van der Waals surface area (Å²) in [6.45, 7) is 2.15. The monoisotopic (exact) mass is 218 g/mol. The molecule has 1 fully saturated rings. The molecule has 0 radical (unpaired) electrons. The fraction of sp³-hybridized carbons (Fsp3) is 0.571. The molecule has 1 aliphatic carbocycles. The molecule has 1 aromatic rings. The topological polar surface area (TPSA) is 29.3 Å². The van der Waals surface area contributed by atoms with Gasteiger partial charge >= 0.3 is 0 Å². The van der Waals surface area contributed by atoms with Gasteiger partial charge in [0.15, 0.2) is 0 Å². The van der Waals surface area contributed by atoms with Gasteiger partial charge in [0.25, 0.3) is 0 Å². The van der Waals surface area contributed by atoms with Crippen LogP contribution >= 0.6 is 0 Å². The smallest absolute Gasteiger partial charge is 0.0368 e. The summed E-state index contributed by atoms with van der Waals surface area (Å²) in [4.78, 5) is 2.42. The van der Waals surface area contributed by atoms with Crippen LogP contribution in [0.3, 0.4) is 0 Å². The lowest BCUT2D eigenvalue weighted by Gasteiger charge is -2.35. The summed E-state index contributed by atoms with van der Waals surface area (Å²) < 4.78 is 0. The third-order valence-electron chi connectivity index (χ3n) is 3.70. The van der Waals surface area contributed by atoms with E-state index in [-0.39, 0.29) is 0 Å². The fourth-order valence-corrected chi connectivity index (χ4v) is 2.55. The normalized spacial score (nSPS) is 25.4. The summed E-state index contributed by atoms with van der Waals surface area (Å²) in [6.07, 6.45) is 4.79. The molecule has 1 saturated carbocycles. The zero-order valence-electron chi connectivity index (χ0n) is 10.3. The van der Waals surface area contributed by atoms with Crippen LogP contribution < -0.4 is 10.6 Å². The van der Waals surface area contributed by atoms with Crippen molar-refractivity contribution in [3.63, 3.8) is 0 Å². The van der Waals surface area contributed by atoms with E-state index < -0.39 is 0 Å². The van der Waals surface area contributed by atoms with E-state index in [4.69, 9.17) is 5.73 Å². The van der Waals surface area contributed by atoms with Crippen molar-refractivity contribution in [3.05, 3.63) is 29.8 Å². The Bertz CT molecular complexity index is 340. The molecule has 0 heterocycles. The van der Waals surface area contributed by atoms with Gasteiger partial charge in [0.2, 0.25) is 0 Å². The first-order valence-corrected chi connectivity index (χ1v) is 6.22. The highest BCUT2D eigenvalue weighted by molar-refractivity contribution is 5.48. The van der Waals surface area contributed by atoms with Gasteiger partial charge in [0, 0.05) is 24.8 Å². The number of hydrogen-bond acceptors (Lipinski definition) is 2. The number of anilines is 1. The Labute approximate surface area is 98.4 Å². The summed E-state index contributed by atoms with van der Waals surface area (Å²) in [7, 11) is 2.20. The summed E-state index contributed by atoms with van der Waals surface area (Å²) >= 11 is 0. The molecule has 1 aliphatic rings. The van der Waals surface area contributed by atoms with Crippen molar-refractivity contribution in [3.8, 4) is 0 Å². The van der Waals surface area contributed by atoms with Gasteiger partial charge in [-0.2, -0.15) is 0 Å². The van der Waals surface area contributed by atoms with Gasteiger partial charge in [-0.15, -0.1) is 0 Å². The van der Waals surface area contributed by atoms with Crippen LogP contribution in [-0.4, -0.2) is 19.1 Å². The maximum Gasteiger partial charge on any atom is 0.0368 e. The minimum Gasteiger partial charge on any atom is -0.372 e. The van der Waals surface area contributed by atoms with Gasteiger partial charge < -0.3 is 10.6 Å². The minimum atomic E-state index is 0.433. The molecule has 0 unspecified atom stereocenters. The molecule has 16 heavy (non-hydrogen) atoms. The van der Waals surface area contributed by atoms with E-state index in [1.165, 1.54) is 36.9 Å². The summed E-state index contributed by atoms with van der Waals surface area (Å²) in [5.74, 6) is 0. The van der Waals surface area contributed by atoms with E-state index in [1.807, 2.05) is 0 Å². The van der Waals surface area contributed by atoms with Crippen molar-refractivity contribution in [1.82, 2.24) is 0 Å². The van der Waals surface area contributed by atoms with E-state index in [0.29, 0.717) is 12.1 Å². The van der Waals surface area contributed by atoms with E-state index in [1.54, 1.807) is 0 Å². The van der Waals surface area contributed by atoms with Crippen LogP contribution in [0.15, 0.2) is 24.3 Å². The van der Waals surface area contributed by atoms with Crippen LogP contribution in [0, 0.1) is 6.92 Å². The standard InChI is InChI=1S/C14H22N2/c1-11-4-3-5-14(10-11)16(2)13-8-6-12(15)7-9-13/h3-5,10,12-13H,6-9,15H2,1-2H3. The second-order valence-corrected chi connectivity index (χ2v) is 5.02. The maximum atomic E-state index is 5.94. The van der Waals surface area contributed by atoms with Crippen LogP contribution in [0.4, 0.5) is 5.69 Å². The van der Waals surface area contributed by atoms with Crippen LogP contribution in [0.1, 0.15) is 31.2 Å². The molecule has 0 aliphatic heterocycles. The molecule has 0 amide bonds. The average molecular weight is 218 g/mol. The zero-order valence-corrected chi connectivity index (χ0v) is 10.3. The Morgan fingerprint density at radius 1 is 1.19 bits per heavy atom. The molecule has 0 atom stereocenters. The number of aryl methyl sites for hydroxylation is 1. The number of benzene rings is 1. The van der Waals surface area contributed by atoms with Gasteiger partial charge in [-0.1, -0.05) is 12.1 Å². The molecule has 1 aromatic carbocycles. The number of hydrogen-bond donors (Lipinski definition) is 1. The Hall–Kier alpha value is -1.02. The molecule has 2 N–H and O–H groups in total. The molecule has 88 valence electrons. The Morgan fingerprint density at radius 2 is 1.88 bits per heavy atom. The van der Waals surface area contributed by atoms with Gasteiger partial charge in [0.05, 0.1) is 0 Å². The second kappa shape index (κ2) is 4.88. The predicted octanol–water partition coefficient (Wildman–Crippen LogP) is 2.70. The Kier molecular flexibility index (Phi) is 3.49. The number of nitrogens with two attached hydrogens (primary N) is 1. The maximum absolute atomic E-state index is 5.94. The first-order valence-electron chi connectivity index (χ1n) is 6.22. The quantitative estimate of drug-likeness (QED) is 0.827. The summed E-state index contributed by atoms with van der Waals surface area (Å²) in [5.41, 5.74) is 8.61. The molecular formula is C14H22N2. The first-order chi connectivity index (χ1) is 7.66. The molecule has 0 spiro atoms. The lowest BCUT2D eigenvalue weighted by molar-refractivity contribution is 0.385. The summed E-state index contributed by atoms with van der Waals surface area (Å²) in [6, 6.07) is 9.84. The third kappa shape index (κ3) is 2.56. The van der Waals surface area contributed by atoms with E-state index in [2.05, 4.69) is 43.1 Å². The van der Waals surface area contributed by atoms with Gasteiger partial charge in [-0.05, 0) is 50.3 Å². The summed E-state index contributed by atoms with van der Waals surface area (Å²) in [5, 5.41) is 0. The highest BCUT2D eigenvalue weighted by Crippen LogP contribution is 2.26. The molecule has 0 saturated heterocycles. The minimum absolute atomic E-state index is 0.433. The van der Waals surface area contributed by atoms with Gasteiger partial charge in [-0.3, -0.25) is 0 Å². The SMILES string of the molecule is Cc1cccc(N(C)C2CCC(N)CC2)c1. The highest BCUT2D eigenvalue weighted by Gasteiger charge is 2.21. The molecule has 2 rings (SSSR count). The third-order valence-corrected chi connectivity index (χ3v) is 3.70. The molecule has 2 heteroatoms. The zero-order chi connectivity index (χ0) is 11.5. The largest absolute Gasteiger partial charge is 0.372 e. The van der Waals surface area contributed by atoms with E-state index in [0.717, 1.165) is 0 Å². The molecule has 2 nitrogen and oxygen atoms in total. The Morgan fingerprint density at radius 3 is 2.50 bits per heavy atom. The molecular weight excluding hydrogens is 196 g/mol. The first kappa shape index (κ1) is 11.5. The van der Waals surface area contributed by atoms with Crippen molar-refractivity contribution >= 4 is 5.69 Å². The van der Waals surface area contributed by atoms with Crippen LogP contribution in [-0.2, 0) is 0 Å². The average Bonchev–Trinajstić information content (AvgIpc) is 2.29. The van der Waals surface area contributed by atoms with Crippen LogP contribution in [0.25, 0.3) is 0 Å². The van der Waals surface area contributed by atoms with Crippen molar-refractivity contribution in [1.29, 1.82) is 0 Å². The highest BCUT2D eigenvalue weighted by atomic mass is 15.1. The van der Waals surface area contributed by atoms with Crippen LogP contribution in [0.2, 0.25) is 0 Å². The molecule has 0 aromatic heterocycles. The second-order valence-electron chi connectivity index (χ2n) is 5.02.